The molecule has 0 bridgehead atoms. The lowest BCUT2D eigenvalue weighted by atomic mass is 10.2. The summed E-state index contributed by atoms with van der Waals surface area (Å²) in [5.74, 6) is -0.117. The van der Waals surface area contributed by atoms with Crippen molar-refractivity contribution in [1.29, 1.82) is 0 Å². The molecular formula is C18H17N3O3S. The van der Waals surface area contributed by atoms with E-state index in [0.717, 1.165) is 11.3 Å². The number of hydrogen-bond acceptors (Lipinski definition) is 4. The van der Waals surface area contributed by atoms with E-state index >= 15 is 0 Å². The molecule has 0 aliphatic carbocycles. The summed E-state index contributed by atoms with van der Waals surface area (Å²) in [5.41, 5.74) is 2.99. The molecule has 1 amide bonds. The Morgan fingerprint density at radius 2 is 2.00 bits per heavy atom. The van der Waals surface area contributed by atoms with Gasteiger partial charge in [0.1, 0.15) is 5.65 Å². The van der Waals surface area contributed by atoms with Gasteiger partial charge in [-0.15, -0.1) is 0 Å². The topological polar surface area (TPSA) is 80.5 Å². The smallest absolute Gasteiger partial charge is 0.251 e. The third-order valence-corrected chi connectivity index (χ3v) is 6.13. The maximum absolute atomic E-state index is 12.4. The Morgan fingerprint density at radius 3 is 2.72 bits per heavy atom. The highest BCUT2D eigenvalue weighted by Gasteiger charge is 2.29. The van der Waals surface area contributed by atoms with Crippen LogP contribution in [0.3, 0.4) is 0 Å². The third-order valence-electron chi connectivity index (χ3n) is 4.36. The van der Waals surface area contributed by atoms with Gasteiger partial charge in [0.2, 0.25) is 0 Å². The molecule has 1 saturated heterocycles. The van der Waals surface area contributed by atoms with Crippen molar-refractivity contribution in [1.82, 2.24) is 14.7 Å². The third kappa shape index (κ3) is 3.28. The van der Waals surface area contributed by atoms with Gasteiger partial charge in [0, 0.05) is 29.6 Å². The zero-order chi connectivity index (χ0) is 17.4. The number of carbonyl (C=O) groups is 1. The average molecular weight is 355 g/mol. The molecule has 1 aromatic carbocycles. The van der Waals surface area contributed by atoms with Crippen LogP contribution in [0.15, 0.2) is 54.9 Å². The summed E-state index contributed by atoms with van der Waals surface area (Å²) < 4.78 is 24.9. The molecule has 6 nitrogen and oxygen atoms in total. The van der Waals surface area contributed by atoms with Crippen LogP contribution in [-0.2, 0) is 9.84 Å². The second-order valence-electron chi connectivity index (χ2n) is 6.25. The van der Waals surface area contributed by atoms with Crippen LogP contribution in [0, 0.1) is 0 Å². The lowest BCUT2D eigenvalue weighted by Crippen LogP contribution is -2.35. The number of rotatable bonds is 3. The number of pyridine rings is 1. The second-order valence-corrected chi connectivity index (χ2v) is 8.48. The van der Waals surface area contributed by atoms with Gasteiger partial charge in [-0.1, -0.05) is 30.3 Å². The van der Waals surface area contributed by atoms with E-state index in [4.69, 9.17) is 0 Å². The normalized spacial score (nSPS) is 19.1. The Morgan fingerprint density at radius 1 is 1.20 bits per heavy atom. The fraction of sp³-hybridized carbons (Fsp3) is 0.222. The van der Waals surface area contributed by atoms with E-state index in [-0.39, 0.29) is 23.5 Å². The highest BCUT2D eigenvalue weighted by Crippen LogP contribution is 2.19. The number of amides is 1. The maximum atomic E-state index is 12.4. The molecule has 1 N–H and O–H groups in total. The van der Waals surface area contributed by atoms with Crippen molar-refractivity contribution in [3.05, 3.63) is 60.4 Å². The fourth-order valence-electron chi connectivity index (χ4n) is 3.05. The fourth-order valence-corrected chi connectivity index (χ4v) is 4.72. The number of nitrogens with one attached hydrogen (secondary N) is 1. The first-order valence-corrected chi connectivity index (χ1v) is 9.88. The zero-order valence-corrected chi connectivity index (χ0v) is 14.2. The number of carbonyl (C=O) groups excluding carboxylic acids is 1. The van der Waals surface area contributed by atoms with Crippen molar-refractivity contribution < 1.29 is 13.2 Å². The van der Waals surface area contributed by atoms with Gasteiger partial charge in [-0.2, -0.15) is 0 Å². The minimum Gasteiger partial charge on any atom is -0.348 e. The van der Waals surface area contributed by atoms with Gasteiger partial charge in [-0.3, -0.25) is 4.79 Å². The lowest BCUT2D eigenvalue weighted by Gasteiger charge is -2.10. The van der Waals surface area contributed by atoms with Gasteiger partial charge >= 0.3 is 0 Å². The Labute approximate surface area is 145 Å². The van der Waals surface area contributed by atoms with Gasteiger partial charge in [-0.25, -0.2) is 13.4 Å². The first kappa shape index (κ1) is 15.8. The molecule has 0 saturated carbocycles. The van der Waals surface area contributed by atoms with Gasteiger partial charge in [0.15, 0.2) is 9.84 Å². The summed E-state index contributed by atoms with van der Waals surface area (Å²) >= 11 is 0. The molecule has 7 heteroatoms. The van der Waals surface area contributed by atoms with E-state index in [1.807, 2.05) is 40.9 Å². The number of sulfone groups is 1. The van der Waals surface area contributed by atoms with E-state index in [2.05, 4.69) is 10.3 Å². The van der Waals surface area contributed by atoms with Crippen molar-refractivity contribution in [3.63, 3.8) is 0 Å². The van der Waals surface area contributed by atoms with Crippen molar-refractivity contribution in [3.8, 4) is 11.3 Å². The summed E-state index contributed by atoms with van der Waals surface area (Å²) in [6.45, 7) is 0. The van der Waals surface area contributed by atoms with Crippen molar-refractivity contribution in [2.24, 2.45) is 0 Å². The minimum atomic E-state index is -3.02. The van der Waals surface area contributed by atoms with Crippen LogP contribution in [-0.4, -0.2) is 41.3 Å². The summed E-state index contributed by atoms with van der Waals surface area (Å²) in [6, 6.07) is 12.9. The molecule has 4 rings (SSSR count). The van der Waals surface area contributed by atoms with Gasteiger partial charge < -0.3 is 9.72 Å². The van der Waals surface area contributed by atoms with Crippen LogP contribution >= 0.6 is 0 Å². The Hall–Kier alpha value is -2.67. The number of fused-ring (bicyclic) bond motifs is 1. The summed E-state index contributed by atoms with van der Waals surface area (Å²) in [4.78, 5) is 17.0. The SMILES string of the molecule is O=C(NC1CCS(=O)(=O)C1)c1ccn2cc(-c3ccccc3)nc2c1. The van der Waals surface area contributed by atoms with Crippen molar-refractivity contribution in [2.45, 2.75) is 12.5 Å². The van der Waals surface area contributed by atoms with Crippen molar-refractivity contribution >= 4 is 21.4 Å². The molecule has 1 aliphatic rings. The van der Waals surface area contributed by atoms with Crippen LogP contribution < -0.4 is 5.32 Å². The number of nitrogens with zero attached hydrogens (tertiary/aromatic N) is 2. The zero-order valence-electron chi connectivity index (χ0n) is 13.4. The van der Waals surface area contributed by atoms with E-state index < -0.39 is 9.84 Å². The largest absolute Gasteiger partial charge is 0.348 e. The van der Waals surface area contributed by atoms with Crippen LogP contribution in [0.5, 0.6) is 0 Å². The maximum Gasteiger partial charge on any atom is 0.251 e. The quantitative estimate of drug-likeness (QED) is 0.778. The van der Waals surface area contributed by atoms with Gasteiger partial charge in [0.25, 0.3) is 5.91 Å². The Balaban J connectivity index is 1.58. The molecule has 128 valence electrons. The highest BCUT2D eigenvalue weighted by atomic mass is 32.2. The number of hydrogen-bond donors (Lipinski definition) is 1. The van der Waals surface area contributed by atoms with Crippen LogP contribution in [0.25, 0.3) is 16.9 Å². The molecular weight excluding hydrogens is 338 g/mol. The predicted molar refractivity (Wildman–Crippen MR) is 95.2 cm³/mol. The Kier molecular flexibility index (Phi) is 3.80. The van der Waals surface area contributed by atoms with Gasteiger partial charge in [-0.05, 0) is 18.6 Å². The Bertz CT molecular complexity index is 1040. The van der Waals surface area contributed by atoms with Crippen LogP contribution in [0.2, 0.25) is 0 Å². The molecule has 0 spiro atoms. The van der Waals surface area contributed by atoms with E-state index in [1.54, 1.807) is 18.3 Å². The van der Waals surface area contributed by atoms with E-state index in [1.165, 1.54) is 0 Å². The monoisotopic (exact) mass is 355 g/mol. The first-order valence-electron chi connectivity index (χ1n) is 8.06. The highest BCUT2D eigenvalue weighted by molar-refractivity contribution is 7.91. The average Bonchev–Trinajstić information content (AvgIpc) is 3.17. The van der Waals surface area contributed by atoms with E-state index in [9.17, 15) is 13.2 Å². The van der Waals surface area contributed by atoms with Crippen LogP contribution in [0.4, 0.5) is 0 Å². The number of benzene rings is 1. The van der Waals surface area contributed by atoms with Crippen LogP contribution in [0.1, 0.15) is 16.8 Å². The van der Waals surface area contributed by atoms with Gasteiger partial charge in [0.05, 0.1) is 17.2 Å². The molecule has 3 heterocycles. The molecule has 0 radical (unpaired) electrons. The second kappa shape index (κ2) is 6.00. The molecule has 1 atom stereocenters. The summed E-state index contributed by atoms with van der Waals surface area (Å²) in [7, 11) is -3.02. The van der Waals surface area contributed by atoms with E-state index in [0.29, 0.717) is 17.6 Å². The number of aromatic nitrogens is 2. The first-order chi connectivity index (χ1) is 12.0. The molecule has 3 aromatic rings. The standard InChI is InChI=1S/C18H17N3O3S/c22-18(19-15-7-9-25(23,24)12-15)14-6-8-21-11-16(20-17(21)10-14)13-4-2-1-3-5-13/h1-6,8,10-11,15H,7,9,12H2,(H,19,22). The number of imidazole rings is 1. The molecule has 1 aliphatic heterocycles. The summed E-state index contributed by atoms with van der Waals surface area (Å²) in [5, 5.41) is 2.80. The molecule has 1 fully saturated rings. The van der Waals surface area contributed by atoms with Crippen molar-refractivity contribution in [2.75, 3.05) is 11.5 Å². The molecule has 2 aromatic heterocycles. The lowest BCUT2D eigenvalue weighted by molar-refractivity contribution is 0.0941. The molecule has 25 heavy (non-hydrogen) atoms. The molecule has 1 unspecified atom stereocenters. The summed E-state index contributed by atoms with van der Waals surface area (Å²) in [6.07, 6.45) is 4.17. The minimum absolute atomic E-state index is 0.0164. The predicted octanol–water partition coefficient (Wildman–Crippen LogP) is 1.92.